The first-order chi connectivity index (χ1) is 17.3. The fourth-order valence-electron chi connectivity index (χ4n) is 4.66. The monoisotopic (exact) mass is 486 g/mol. The smallest absolute Gasteiger partial charge is 0.220 e. The molecule has 0 saturated carbocycles. The van der Waals surface area contributed by atoms with E-state index < -0.39 is 0 Å². The lowest BCUT2D eigenvalue weighted by molar-refractivity contribution is -0.121. The average Bonchev–Trinajstić information content (AvgIpc) is 3.20. The number of nitrogens with zero attached hydrogens (tertiary/aromatic N) is 3. The second-order valence-electron chi connectivity index (χ2n) is 9.11. The van der Waals surface area contributed by atoms with E-state index in [0.29, 0.717) is 25.8 Å². The van der Waals surface area contributed by atoms with Crippen LogP contribution in [0.5, 0.6) is 11.5 Å². The van der Waals surface area contributed by atoms with Crippen LogP contribution in [0.3, 0.4) is 0 Å². The zero-order valence-electron chi connectivity index (χ0n) is 21.9. The van der Waals surface area contributed by atoms with Gasteiger partial charge in [0.2, 0.25) is 5.91 Å². The highest BCUT2D eigenvalue weighted by Gasteiger charge is 2.18. The van der Waals surface area contributed by atoms with E-state index >= 15 is 0 Å². The molecule has 7 heteroatoms. The van der Waals surface area contributed by atoms with E-state index in [9.17, 15) is 4.79 Å². The van der Waals surface area contributed by atoms with Crippen molar-refractivity contribution in [3.05, 3.63) is 76.1 Å². The SMILES string of the molecule is COc1ccc(CCNC(=O)CCc2c(C)nc3c(c(C)nn3-c3ccc(C)cc3)c2C)c(OC)c1. The number of nitrogens with one attached hydrogen (secondary N) is 1. The van der Waals surface area contributed by atoms with Gasteiger partial charge in [0.25, 0.3) is 0 Å². The molecule has 36 heavy (non-hydrogen) atoms. The third-order valence-electron chi connectivity index (χ3n) is 6.67. The first-order valence-electron chi connectivity index (χ1n) is 12.2. The maximum atomic E-state index is 12.6. The molecule has 2 heterocycles. The Labute approximate surface area is 212 Å². The fourth-order valence-corrected chi connectivity index (χ4v) is 4.66. The van der Waals surface area contributed by atoms with Crippen LogP contribution in [0, 0.1) is 27.7 Å². The summed E-state index contributed by atoms with van der Waals surface area (Å²) in [6.45, 7) is 8.74. The molecule has 0 aliphatic heterocycles. The minimum absolute atomic E-state index is 0.0217. The molecule has 2 aromatic carbocycles. The van der Waals surface area contributed by atoms with Crippen molar-refractivity contribution in [2.45, 2.75) is 47.0 Å². The third kappa shape index (κ3) is 5.20. The Morgan fingerprint density at radius 2 is 1.69 bits per heavy atom. The van der Waals surface area contributed by atoms with E-state index in [-0.39, 0.29) is 5.91 Å². The molecule has 0 atom stereocenters. The highest BCUT2D eigenvalue weighted by molar-refractivity contribution is 5.85. The molecular formula is C29H34N4O3. The Kier molecular flexibility index (Phi) is 7.58. The Balaban J connectivity index is 1.44. The van der Waals surface area contributed by atoms with Crippen LogP contribution >= 0.6 is 0 Å². The zero-order chi connectivity index (χ0) is 25.8. The summed E-state index contributed by atoms with van der Waals surface area (Å²) < 4.78 is 12.6. The predicted octanol–water partition coefficient (Wildman–Crippen LogP) is 4.96. The summed E-state index contributed by atoms with van der Waals surface area (Å²) >= 11 is 0. The molecular weight excluding hydrogens is 452 g/mol. The number of methoxy groups -OCH3 is 2. The fraction of sp³-hybridized carbons (Fsp3) is 0.345. The van der Waals surface area contributed by atoms with Gasteiger partial charge in [0, 0.05) is 30.1 Å². The molecule has 4 rings (SSSR count). The van der Waals surface area contributed by atoms with Crippen LogP contribution in [-0.4, -0.2) is 41.4 Å². The predicted molar refractivity (Wildman–Crippen MR) is 142 cm³/mol. The normalized spacial score (nSPS) is 11.1. The summed E-state index contributed by atoms with van der Waals surface area (Å²) in [5.74, 6) is 1.53. The van der Waals surface area contributed by atoms with Crippen LogP contribution in [0.25, 0.3) is 16.7 Å². The number of benzene rings is 2. The topological polar surface area (TPSA) is 78.3 Å². The molecule has 0 fully saturated rings. The Morgan fingerprint density at radius 1 is 0.944 bits per heavy atom. The molecule has 0 aliphatic rings. The van der Waals surface area contributed by atoms with Gasteiger partial charge in [0.05, 0.1) is 25.6 Å². The Hall–Kier alpha value is -3.87. The van der Waals surface area contributed by atoms with Crippen molar-refractivity contribution in [1.82, 2.24) is 20.1 Å². The van der Waals surface area contributed by atoms with Gasteiger partial charge in [-0.3, -0.25) is 4.79 Å². The lowest BCUT2D eigenvalue weighted by Crippen LogP contribution is -2.26. The maximum absolute atomic E-state index is 12.6. The van der Waals surface area contributed by atoms with Crippen molar-refractivity contribution in [1.29, 1.82) is 0 Å². The van der Waals surface area contributed by atoms with Crippen molar-refractivity contribution < 1.29 is 14.3 Å². The molecule has 1 amide bonds. The van der Waals surface area contributed by atoms with Gasteiger partial charge in [-0.2, -0.15) is 5.10 Å². The number of ether oxygens (including phenoxy) is 2. The van der Waals surface area contributed by atoms with Crippen LogP contribution < -0.4 is 14.8 Å². The quantitative estimate of drug-likeness (QED) is 0.362. The van der Waals surface area contributed by atoms with Gasteiger partial charge >= 0.3 is 0 Å². The van der Waals surface area contributed by atoms with Gasteiger partial charge in [0.1, 0.15) is 11.5 Å². The van der Waals surface area contributed by atoms with E-state index in [1.165, 1.54) is 5.56 Å². The third-order valence-corrected chi connectivity index (χ3v) is 6.67. The Bertz CT molecular complexity index is 1390. The number of aromatic nitrogens is 3. The molecule has 0 unspecified atom stereocenters. The number of fused-ring (bicyclic) bond motifs is 1. The molecule has 2 aromatic heterocycles. The van der Waals surface area contributed by atoms with Crippen molar-refractivity contribution in [2.24, 2.45) is 0 Å². The molecule has 0 bridgehead atoms. The van der Waals surface area contributed by atoms with Gasteiger partial charge in [-0.25, -0.2) is 9.67 Å². The Morgan fingerprint density at radius 3 is 2.39 bits per heavy atom. The number of amides is 1. The molecule has 0 radical (unpaired) electrons. The van der Waals surface area contributed by atoms with E-state index in [2.05, 4.69) is 43.4 Å². The number of aryl methyl sites for hydroxylation is 4. The van der Waals surface area contributed by atoms with Gasteiger partial charge in [-0.05, 0) is 75.4 Å². The minimum Gasteiger partial charge on any atom is -0.497 e. The summed E-state index contributed by atoms with van der Waals surface area (Å²) in [6, 6.07) is 14.0. The zero-order valence-corrected chi connectivity index (χ0v) is 21.9. The first-order valence-corrected chi connectivity index (χ1v) is 12.2. The second kappa shape index (κ2) is 10.8. The van der Waals surface area contributed by atoms with E-state index in [1.807, 2.05) is 36.7 Å². The van der Waals surface area contributed by atoms with Crippen molar-refractivity contribution in [2.75, 3.05) is 20.8 Å². The molecule has 0 saturated heterocycles. The molecule has 0 spiro atoms. The number of carbonyl (C=O) groups excluding carboxylic acids is 1. The second-order valence-corrected chi connectivity index (χ2v) is 9.11. The lowest BCUT2D eigenvalue weighted by Gasteiger charge is -2.13. The summed E-state index contributed by atoms with van der Waals surface area (Å²) in [4.78, 5) is 17.5. The van der Waals surface area contributed by atoms with E-state index in [1.54, 1.807) is 14.2 Å². The highest BCUT2D eigenvalue weighted by atomic mass is 16.5. The number of hydrogen-bond donors (Lipinski definition) is 1. The highest BCUT2D eigenvalue weighted by Crippen LogP contribution is 2.28. The molecule has 0 aliphatic carbocycles. The summed E-state index contributed by atoms with van der Waals surface area (Å²) in [6.07, 6.45) is 1.72. The summed E-state index contributed by atoms with van der Waals surface area (Å²) in [5, 5.41) is 8.87. The van der Waals surface area contributed by atoms with Gasteiger partial charge < -0.3 is 14.8 Å². The molecule has 7 nitrogen and oxygen atoms in total. The minimum atomic E-state index is 0.0217. The van der Waals surface area contributed by atoms with Crippen molar-refractivity contribution >= 4 is 16.9 Å². The van der Waals surface area contributed by atoms with Gasteiger partial charge in [-0.1, -0.05) is 23.8 Å². The van der Waals surface area contributed by atoms with Crippen LogP contribution in [0.4, 0.5) is 0 Å². The lowest BCUT2D eigenvalue weighted by atomic mass is 9.99. The summed E-state index contributed by atoms with van der Waals surface area (Å²) in [7, 11) is 3.27. The van der Waals surface area contributed by atoms with Crippen molar-refractivity contribution in [3.63, 3.8) is 0 Å². The maximum Gasteiger partial charge on any atom is 0.220 e. The van der Waals surface area contributed by atoms with E-state index in [4.69, 9.17) is 19.6 Å². The van der Waals surface area contributed by atoms with Crippen molar-refractivity contribution in [3.8, 4) is 17.2 Å². The van der Waals surface area contributed by atoms with Crippen LogP contribution in [0.2, 0.25) is 0 Å². The number of hydrogen-bond acceptors (Lipinski definition) is 5. The number of carbonyl (C=O) groups is 1. The van der Waals surface area contributed by atoms with Gasteiger partial charge in [0.15, 0.2) is 5.65 Å². The number of rotatable bonds is 9. The average molecular weight is 487 g/mol. The molecule has 4 aromatic rings. The van der Waals surface area contributed by atoms with Crippen LogP contribution in [0.1, 0.15) is 40.1 Å². The molecule has 1 N–H and O–H groups in total. The number of pyridine rings is 1. The first kappa shape index (κ1) is 25.2. The summed E-state index contributed by atoms with van der Waals surface area (Å²) in [5.41, 5.74) is 8.21. The standard InChI is InChI=1S/C29H34N4O3/c1-18-7-10-23(11-8-18)33-29-28(21(4)32-33)19(2)25(20(3)31-29)13-14-27(34)30-16-15-22-9-12-24(35-5)17-26(22)36-6/h7-12,17H,13-16H2,1-6H3,(H,30,34). The van der Waals surface area contributed by atoms with Crippen LogP contribution in [0.15, 0.2) is 42.5 Å². The van der Waals surface area contributed by atoms with Gasteiger partial charge in [-0.15, -0.1) is 0 Å². The van der Waals surface area contributed by atoms with Crippen LogP contribution in [-0.2, 0) is 17.6 Å². The van der Waals surface area contributed by atoms with E-state index in [0.717, 1.165) is 56.3 Å². The molecule has 188 valence electrons. The largest absolute Gasteiger partial charge is 0.497 e.